The van der Waals surface area contributed by atoms with E-state index in [1.807, 2.05) is 0 Å². The van der Waals surface area contributed by atoms with E-state index in [4.69, 9.17) is 4.74 Å². The molecular weight excluding hydrogens is 291 g/mol. The summed E-state index contributed by atoms with van der Waals surface area (Å²) in [5.74, 6) is -5.00. The average Bonchev–Trinajstić information content (AvgIpc) is 2.45. The highest BCUT2D eigenvalue weighted by molar-refractivity contribution is 5.87. The molecule has 0 amide bonds. The highest BCUT2D eigenvalue weighted by atomic mass is 19.2. The minimum Gasteiger partial charge on any atom is -0.507 e. The molecule has 1 N–H and O–H groups in total. The van der Waals surface area contributed by atoms with Crippen LogP contribution in [0.4, 0.5) is 18.9 Å². The van der Waals surface area contributed by atoms with Crippen LogP contribution < -0.4 is 10.5 Å². The van der Waals surface area contributed by atoms with Gasteiger partial charge in [-0.3, -0.25) is 0 Å². The molecule has 1 saturated heterocycles. The highest BCUT2D eigenvalue weighted by Crippen LogP contribution is 2.36. The van der Waals surface area contributed by atoms with Crippen molar-refractivity contribution in [2.75, 3.05) is 31.2 Å². The average molecular weight is 301 g/mol. The van der Waals surface area contributed by atoms with E-state index in [2.05, 4.69) is 4.42 Å². The summed E-state index contributed by atoms with van der Waals surface area (Å²) >= 11 is 0. The van der Waals surface area contributed by atoms with Crippen molar-refractivity contribution in [2.24, 2.45) is 0 Å². The molecule has 2 heterocycles. The van der Waals surface area contributed by atoms with Crippen molar-refractivity contribution in [1.29, 1.82) is 0 Å². The molecule has 1 aromatic heterocycles. The number of rotatable bonds is 1. The third-order valence-corrected chi connectivity index (χ3v) is 3.30. The quantitative estimate of drug-likeness (QED) is 0.642. The van der Waals surface area contributed by atoms with Crippen LogP contribution in [0.15, 0.2) is 15.3 Å². The lowest BCUT2D eigenvalue weighted by Gasteiger charge is -2.29. The standard InChI is InChI=1S/C13H10F3NO4/c14-9-8-6(18)5-7(19)21-13(8)11(16)12(10(9)15)17-1-3-20-4-2-17/h5,18H,1-4H2. The van der Waals surface area contributed by atoms with Crippen LogP contribution in [-0.4, -0.2) is 31.4 Å². The van der Waals surface area contributed by atoms with Gasteiger partial charge in [-0.2, -0.15) is 0 Å². The lowest BCUT2D eigenvalue weighted by atomic mass is 10.1. The fourth-order valence-electron chi connectivity index (χ4n) is 2.33. The third-order valence-electron chi connectivity index (χ3n) is 3.30. The van der Waals surface area contributed by atoms with Gasteiger partial charge in [0.1, 0.15) is 16.8 Å². The Kier molecular flexibility index (Phi) is 3.25. The number of benzene rings is 1. The molecule has 0 aliphatic carbocycles. The Bertz CT molecular complexity index is 768. The smallest absolute Gasteiger partial charge is 0.340 e. The molecule has 1 fully saturated rings. The summed E-state index contributed by atoms with van der Waals surface area (Å²) in [6.45, 7) is 0.814. The maximum atomic E-state index is 14.4. The minimum absolute atomic E-state index is 0.168. The maximum absolute atomic E-state index is 14.4. The van der Waals surface area contributed by atoms with Gasteiger partial charge < -0.3 is 19.2 Å². The Morgan fingerprint density at radius 1 is 1.10 bits per heavy atom. The SMILES string of the molecule is O=c1cc(O)c2c(F)c(F)c(N3CCOCC3)c(F)c2o1. The molecule has 1 aliphatic rings. The molecule has 1 aromatic carbocycles. The van der Waals surface area contributed by atoms with Gasteiger partial charge in [0.25, 0.3) is 0 Å². The van der Waals surface area contributed by atoms with E-state index >= 15 is 0 Å². The zero-order chi connectivity index (χ0) is 15.1. The largest absolute Gasteiger partial charge is 0.507 e. The van der Waals surface area contributed by atoms with Gasteiger partial charge in [-0.15, -0.1) is 0 Å². The van der Waals surface area contributed by atoms with Crippen molar-refractivity contribution >= 4 is 16.7 Å². The van der Waals surface area contributed by atoms with Gasteiger partial charge in [-0.25, -0.2) is 18.0 Å². The van der Waals surface area contributed by atoms with Crippen molar-refractivity contribution in [2.45, 2.75) is 0 Å². The van der Waals surface area contributed by atoms with Gasteiger partial charge in [0.05, 0.1) is 19.3 Å². The number of hydrogen-bond donors (Lipinski definition) is 1. The number of ether oxygens (including phenoxy) is 1. The van der Waals surface area contributed by atoms with E-state index in [1.165, 1.54) is 4.90 Å². The van der Waals surface area contributed by atoms with Gasteiger partial charge in [0.15, 0.2) is 23.0 Å². The number of fused-ring (bicyclic) bond motifs is 1. The molecular formula is C13H10F3NO4. The summed E-state index contributed by atoms with van der Waals surface area (Å²) in [7, 11) is 0. The first kappa shape index (κ1) is 13.7. The summed E-state index contributed by atoms with van der Waals surface area (Å²) in [4.78, 5) is 12.5. The lowest BCUT2D eigenvalue weighted by Crippen LogP contribution is -2.37. The molecule has 2 aromatic rings. The molecule has 5 nitrogen and oxygen atoms in total. The van der Waals surface area contributed by atoms with E-state index in [0.717, 1.165) is 0 Å². The summed E-state index contributed by atoms with van der Waals surface area (Å²) in [5.41, 5.74) is -2.49. The second kappa shape index (κ2) is 4.96. The lowest BCUT2D eigenvalue weighted by molar-refractivity contribution is 0.122. The van der Waals surface area contributed by atoms with Crippen LogP contribution in [0.3, 0.4) is 0 Å². The van der Waals surface area contributed by atoms with E-state index in [9.17, 15) is 23.1 Å². The van der Waals surface area contributed by atoms with Gasteiger partial charge in [-0.1, -0.05) is 0 Å². The van der Waals surface area contributed by atoms with Crippen molar-refractivity contribution in [1.82, 2.24) is 0 Å². The van der Waals surface area contributed by atoms with Crippen molar-refractivity contribution in [3.63, 3.8) is 0 Å². The molecule has 0 unspecified atom stereocenters. The van der Waals surface area contributed by atoms with E-state index in [0.29, 0.717) is 6.07 Å². The van der Waals surface area contributed by atoms with Gasteiger partial charge in [-0.05, 0) is 0 Å². The Morgan fingerprint density at radius 3 is 2.43 bits per heavy atom. The minimum atomic E-state index is -1.46. The zero-order valence-corrected chi connectivity index (χ0v) is 10.7. The van der Waals surface area contributed by atoms with Crippen LogP contribution in [0.2, 0.25) is 0 Å². The summed E-state index contributed by atoms with van der Waals surface area (Å²) in [6, 6.07) is 0.554. The topological polar surface area (TPSA) is 62.9 Å². The first-order valence-electron chi connectivity index (χ1n) is 6.16. The van der Waals surface area contributed by atoms with Crippen molar-refractivity contribution in [3.8, 4) is 5.75 Å². The molecule has 0 spiro atoms. The summed E-state index contributed by atoms with van der Waals surface area (Å²) in [6.07, 6.45) is 0. The molecule has 0 radical (unpaired) electrons. The number of halogens is 3. The van der Waals surface area contributed by atoms with Crippen LogP contribution >= 0.6 is 0 Å². The summed E-state index contributed by atoms with van der Waals surface area (Å²) < 4.78 is 52.3. The third kappa shape index (κ3) is 2.11. The second-order valence-corrected chi connectivity index (χ2v) is 4.54. The number of morpholine rings is 1. The molecule has 0 bridgehead atoms. The van der Waals surface area contributed by atoms with Gasteiger partial charge in [0.2, 0.25) is 0 Å². The highest BCUT2D eigenvalue weighted by Gasteiger charge is 2.28. The van der Waals surface area contributed by atoms with E-state index in [-0.39, 0.29) is 26.3 Å². The maximum Gasteiger partial charge on any atom is 0.340 e. The van der Waals surface area contributed by atoms with E-state index in [1.54, 1.807) is 0 Å². The summed E-state index contributed by atoms with van der Waals surface area (Å²) in [5, 5.41) is 8.73. The van der Waals surface area contributed by atoms with Crippen molar-refractivity contribution in [3.05, 3.63) is 33.9 Å². The Balaban J connectivity index is 2.33. The monoisotopic (exact) mass is 301 g/mol. The van der Waals surface area contributed by atoms with Gasteiger partial charge >= 0.3 is 5.63 Å². The van der Waals surface area contributed by atoms with Crippen LogP contribution in [0.1, 0.15) is 0 Å². The molecule has 8 heteroatoms. The zero-order valence-electron chi connectivity index (χ0n) is 10.7. The second-order valence-electron chi connectivity index (χ2n) is 4.54. The van der Waals surface area contributed by atoms with Crippen LogP contribution in [0.5, 0.6) is 5.75 Å². The molecule has 3 rings (SSSR count). The normalized spacial score (nSPS) is 15.7. The fraction of sp³-hybridized carbons (Fsp3) is 0.308. The molecule has 0 atom stereocenters. The van der Waals surface area contributed by atoms with Crippen molar-refractivity contribution < 1.29 is 27.4 Å². The number of nitrogens with zero attached hydrogens (tertiary/aromatic N) is 1. The molecule has 21 heavy (non-hydrogen) atoms. The predicted octanol–water partition coefficient (Wildman–Crippen LogP) is 1.75. The number of anilines is 1. The number of hydrogen-bond acceptors (Lipinski definition) is 5. The van der Waals surface area contributed by atoms with Crippen LogP contribution in [0.25, 0.3) is 11.0 Å². The molecule has 112 valence electrons. The van der Waals surface area contributed by atoms with E-state index < -0.39 is 45.5 Å². The fourth-order valence-corrected chi connectivity index (χ4v) is 2.33. The Hall–Kier alpha value is -2.22. The Labute approximate surface area is 116 Å². The molecule has 1 aliphatic heterocycles. The molecule has 0 saturated carbocycles. The van der Waals surface area contributed by atoms with Crippen LogP contribution in [0, 0.1) is 17.5 Å². The first-order chi connectivity index (χ1) is 10.0. The first-order valence-corrected chi connectivity index (χ1v) is 6.16. The van der Waals surface area contributed by atoms with Crippen LogP contribution in [-0.2, 0) is 4.74 Å². The van der Waals surface area contributed by atoms with Gasteiger partial charge in [0, 0.05) is 13.1 Å². The number of aromatic hydroxyl groups is 1. The Morgan fingerprint density at radius 2 is 1.76 bits per heavy atom. The predicted molar refractivity (Wildman–Crippen MR) is 67.1 cm³/mol.